The molecule has 2 aromatic heterocycles. The topological polar surface area (TPSA) is 72.3 Å². The van der Waals surface area contributed by atoms with E-state index in [4.69, 9.17) is 16.3 Å². The predicted octanol–water partition coefficient (Wildman–Crippen LogP) is 3.78. The minimum absolute atomic E-state index is 0.0472. The quantitative estimate of drug-likeness (QED) is 0.519. The molecule has 1 N–H and O–H groups in total. The van der Waals surface area contributed by atoms with Gasteiger partial charge in [0, 0.05) is 0 Å². The minimum Gasteiger partial charge on any atom is -0.459 e. The summed E-state index contributed by atoms with van der Waals surface area (Å²) in [5.41, 5.74) is -0.334. The number of nitrogens with zero attached hydrogens (tertiary/aromatic N) is 3. The molecule has 1 aromatic carbocycles. The van der Waals surface area contributed by atoms with E-state index in [-0.39, 0.29) is 22.7 Å². The van der Waals surface area contributed by atoms with Crippen molar-refractivity contribution in [3.63, 3.8) is 0 Å². The summed E-state index contributed by atoms with van der Waals surface area (Å²) in [6.45, 7) is 2.54. The first-order valence-electron chi connectivity index (χ1n) is 7.77. The van der Waals surface area contributed by atoms with E-state index in [9.17, 15) is 22.4 Å². The van der Waals surface area contributed by atoms with E-state index in [2.05, 4.69) is 15.1 Å². The summed E-state index contributed by atoms with van der Waals surface area (Å²) in [5, 5.41) is 3.46. The fourth-order valence-corrected chi connectivity index (χ4v) is 2.64. The van der Waals surface area contributed by atoms with Crippen LogP contribution in [0, 0.1) is 11.6 Å². The van der Waals surface area contributed by atoms with Crippen LogP contribution in [0.25, 0.3) is 16.8 Å². The summed E-state index contributed by atoms with van der Waals surface area (Å²) in [7, 11) is 0. The monoisotopic (exact) mass is 404 g/mol. The van der Waals surface area contributed by atoms with Crippen molar-refractivity contribution in [3.8, 4) is 17.1 Å². The summed E-state index contributed by atoms with van der Waals surface area (Å²) < 4.78 is 58.2. The van der Waals surface area contributed by atoms with Crippen LogP contribution >= 0.6 is 11.6 Å². The summed E-state index contributed by atoms with van der Waals surface area (Å²) in [6, 6.07) is 1.51. The molecule has 0 unspecified atom stereocenters. The van der Waals surface area contributed by atoms with Crippen LogP contribution in [-0.2, 0) is 0 Å². The Morgan fingerprint density at radius 3 is 2.44 bits per heavy atom. The van der Waals surface area contributed by atoms with Gasteiger partial charge in [-0.25, -0.2) is 22.4 Å². The Labute approximate surface area is 154 Å². The average molecular weight is 405 g/mol. The molecular formula is C16H13ClF4N4O2. The van der Waals surface area contributed by atoms with Crippen LogP contribution in [-0.4, -0.2) is 32.6 Å². The first kappa shape index (κ1) is 19.2. The van der Waals surface area contributed by atoms with Crippen molar-refractivity contribution in [3.05, 3.63) is 45.0 Å². The second kappa shape index (κ2) is 7.18. The second-order valence-corrected chi connectivity index (χ2v) is 6.33. The molecule has 0 amide bonds. The molecule has 0 bridgehead atoms. The molecule has 0 saturated carbocycles. The highest BCUT2D eigenvalue weighted by Crippen LogP contribution is 2.34. The van der Waals surface area contributed by atoms with Gasteiger partial charge in [-0.15, -0.1) is 0 Å². The molecular weight excluding hydrogens is 392 g/mol. The zero-order valence-electron chi connectivity index (χ0n) is 14.1. The first-order chi connectivity index (χ1) is 12.7. The van der Waals surface area contributed by atoms with Crippen molar-refractivity contribution >= 4 is 17.2 Å². The molecule has 0 aliphatic rings. The molecule has 2 heterocycles. The third-order valence-corrected chi connectivity index (χ3v) is 4.03. The number of benzene rings is 1. The lowest BCUT2D eigenvalue weighted by Gasteiger charge is -2.08. The number of alkyl halides is 2. The number of H-pyrrole nitrogens is 1. The predicted molar refractivity (Wildman–Crippen MR) is 89.6 cm³/mol. The Bertz CT molecular complexity index is 1040. The van der Waals surface area contributed by atoms with E-state index in [1.54, 1.807) is 13.8 Å². The average Bonchev–Trinajstić information content (AvgIpc) is 2.97. The van der Waals surface area contributed by atoms with Gasteiger partial charge in [-0.2, -0.15) is 14.6 Å². The lowest BCUT2D eigenvalue weighted by molar-refractivity contribution is 0.0768. The maximum Gasteiger partial charge on any atom is 0.352 e. The molecule has 0 saturated heterocycles. The van der Waals surface area contributed by atoms with E-state index in [1.807, 2.05) is 0 Å². The van der Waals surface area contributed by atoms with Gasteiger partial charge in [0.15, 0.2) is 12.3 Å². The van der Waals surface area contributed by atoms with Crippen molar-refractivity contribution in [2.75, 3.05) is 6.61 Å². The highest BCUT2D eigenvalue weighted by molar-refractivity contribution is 6.31. The molecule has 0 fully saturated rings. The van der Waals surface area contributed by atoms with E-state index in [1.165, 1.54) is 0 Å². The Morgan fingerprint density at radius 1 is 1.26 bits per heavy atom. The number of aromatic nitrogens is 4. The van der Waals surface area contributed by atoms with Crippen LogP contribution in [0.2, 0.25) is 5.02 Å². The van der Waals surface area contributed by atoms with Gasteiger partial charge >= 0.3 is 5.69 Å². The van der Waals surface area contributed by atoms with Crippen molar-refractivity contribution in [2.24, 2.45) is 0 Å². The molecule has 11 heteroatoms. The molecule has 0 aliphatic carbocycles. The Morgan fingerprint density at radius 2 is 1.89 bits per heavy atom. The number of fused-ring (bicyclic) bond motifs is 1. The fraction of sp³-hybridized carbons (Fsp3) is 0.312. The third-order valence-electron chi connectivity index (χ3n) is 3.67. The minimum atomic E-state index is -2.78. The number of hydrogen-bond acceptors (Lipinski definition) is 4. The summed E-state index contributed by atoms with van der Waals surface area (Å²) in [4.78, 5) is 18.4. The van der Waals surface area contributed by atoms with Gasteiger partial charge < -0.3 is 4.74 Å². The largest absolute Gasteiger partial charge is 0.459 e. The molecule has 6 nitrogen and oxygen atoms in total. The second-order valence-electron chi connectivity index (χ2n) is 5.95. The van der Waals surface area contributed by atoms with E-state index >= 15 is 0 Å². The number of halogens is 5. The lowest BCUT2D eigenvalue weighted by Crippen LogP contribution is -2.21. The van der Waals surface area contributed by atoms with Crippen LogP contribution in [0.1, 0.15) is 25.5 Å². The zero-order valence-corrected chi connectivity index (χ0v) is 14.8. The normalized spacial score (nSPS) is 11.7. The van der Waals surface area contributed by atoms with E-state index in [0.717, 1.165) is 16.6 Å². The van der Waals surface area contributed by atoms with Crippen LogP contribution in [0.3, 0.4) is 0 Å². The van der Waals surface area contributed by atoms with E-state index in [0.29, 0.717) is 5.69 Å². The number of rotatable bonds is 5. The number of nitrogens with one attached hydrogen (secondary N) is 1. The molecule has 144 valence electrons. The van der Waals surface area contributed by atoms with E-state index < -0.39 is 41.4 Å². The van der Waals surface area contributed by atoms with Crippen molar-refractivity contribution in [1.82, 2.24) is 19.6 Å². The smallest absolute Gasteiger partial charge is 0.352 e. The third kappa shape index (κ3) is 3.61. The number of ether oxygens (including phenoxy) is 1. The fourth-order valence-electron chi connectivity index (χ4n) is 2.53. The van der Waals surface area contributed by atoms with Gasteiger partial charge in [-0.05, 0) is 23.6 Å². The standard InChI is InChI=1S/C16H13ClF4N4O2/c1-6(2)13-11(7-3-8(18)12(17)9(19)4-7)14-22-15(27-5-10(20)21)23-16(26)25(14)24-13/h3-4,6,10H,5H2,1-2H3,(H,22,23,26). The Hall–Kier alpha value is -2.62. The maximum absolute atomic E-state index is 13.9. The van der Waals surface area contributed by atoms with Gasteiger partial charge in [0.2, 0.25) is 0 Å². The highest BCUT2D eigenvalue weighted by atomic mass is 35.5. The SMILES string of the molecule is CC(C)c1nn2c(=O)[nH]c(OCC(F)F)nc2c1-c1cc(F)c(Cl)c(F)c1. The molecule has 0 spiro atoms. The molecule has 3 rings (SSSR count). The van der Waals surface area contributed by atoms with Gasteiger partial charge in [0.05, 0.1) is 11.3 Å². The van der Waals surface area contributed by atoms with Crippen molar-refractivity contribution in [1.29, 1.82) is 0 Å². The van der Waals surface area contributed by atoms with Crippen molar-refractivity contribution < 1.29 is 22.3 Å². The van der Waals surface area contributed by atoms with Gasteiger partial charge in [0.1, 0.15) is 16.7 Å². The lowest BCUT2D eigenvalue weighted by atomic mass is 9.99. The zero-order chi connectivity index (χ0) is 19.9. The highest BCUT2D eigenvalue weighted by Gasteiger charge is 2.23. The molecule has 3 aromatic rings. The summed E-state index contributed by atoms with van der Waals surface area (Å²) >= 11 is 5.52. The van der Waals surface area contributed by atoms with Crippen molar-refractivity contribution in [2.45, 2.75) is 26.2 Å². The van der Waals surface area contributed by atoms with Crippen LogP contribution in [0.15, 0.2) is 16.9 Å². The maximum atomic E-state index is 13.9. The van der Waals surface area contributed by atoms with Gasteiger partial charge in [0.25, 0.3) is 12.4 Å². The molecule has 0 aliphatic heterocycles. The molecule has 0 radical (unpaired) electrons. The van der Waals surface area contributed by atoms with Crippen LogP contribution in [0.4, 0.5) is 17.6 Å². The summed E-state index contributed by atoms with van der Waals surface area (Å²) in [5.74, 6) is -2.24. The number of hydrogen-bond donors (Lipinski definition) is 1. The van der Waals surface area contributed by atoms with Crippen LogP contribution < -0.4 is 10.4 Å². The molecule has 0 atom stereocenters. The molecule has 27 heavy (non-hydrogen) atoms. The summed E-state index contributed by atoms with van der Waals surface area (Å²) in [6.07, 6.45) is -2.78. The Balaban J connectivity index is 2.29. The van der Waals surface area contributed by atoms with Gasteiger partial charge in [-0.3, -0.25) is 4.98 Å². The van der Waals surface area contributed by atoms with Gasteiger partial charge in [-0.1, -0.05) is 25.4 Å². The number of aromatic amines is 1. The first-order valence-corrected chi connectivity index (χ1v) is 8.15. The van der Waals surface area contributed by atoms with Crippen LogP contribution in [0.5, 0.6) is 6.01 Å². The Kier molecular flexibility index (Phi) is 5.09.